The van der Waals surface area contributed by atoms with Gasteiger partial charge in [0.25, 0.3) is 0 Å². The van der Waals surface area contributed by atoms with Crippen molar-refractivity contribution in [2.75, 3.05) is 0 Å². The van der Waals surface area contributed by atoms with E-state index >= 15 is 0 Å². The quantitative estimate of drug-likeness (QED) is 0.628. The van der Waals surface area contributed by atoms with E-state index in [0.717, 1.165) is 0 Å². The molecule has 0 saturated heterocycles. The first-order valence-corrected chi connectivity index (χ1v) is 4.89. The zero-order valence-electron chi connectivity index (χ0n) is 8.85. The highest BCUT2D eigenvalue weighted by atomic mass is 19.1. The maximum absolute atomic E-state index is 13.3. The van der Waals surface area contributed by atoms with Crippen LogP contribution in [0.2, 0.25) is 0 Å². The molecule has 0 unspecified atom stereocenters. The average Bonchev–Trinajstić information content (AvgIpc) is 2.33. The lowest BCUT2D eigenvalue weighted by molar-refractivity contribution is 0.440. The summed E-state index contributed by atoms with van der Waals surface area (Å²) in [4.78, 5) is 3.91. The molecule has 0 aliphatic carbocycles. The van der Waals surface area contributed by atoms with Gasteiger partial charge in [0.05, 0.1) is 6.20 Å². The van der Waals surface area contributed by atoms with Crippen molar-refractivity contribution >= 4 is 5.84 Å². The number of nitrogens with one attached hydrogen (secondary N) is 1. The van der Waals surface area contributed by atoms with Crippen LogP contribution >= 0.6 is 0 Å². The summed E-state index contributed by atoms with van der Waals surface area (Å²) >= 11 is 0. The highest BCUT2D eigenvalue weighted by Gasteiger charge is 2.04. The van der Waals surface area contributed by atoms with E-state index in [1.807, 2.05) is 0 Å². The molecule has 1 heterocycles. The molecule has 2 rings (SSSR count). The van der Waals surface area contributed by atoms with Crippen molar-refractivity contribution in [2.45, 2.75) is 0 Å². The lowest BCUT2D eigenvalue weighted by atomic mass is 10.3. The van der Waals surface area contributed by atoms with Gasteiger partial charge in [-0.25, -0.2) is 9.37 Å². The van der Waals surface area contributed by atoms with Gasteiger partial charge in [-0.05, 0) is 24.3 Å². The van der Waals surface area contributed by atoms with E-state index in [9.17, 15) is 4.39 Å². The molecule has 0 radical (unpaired) electrons. The number of amidine groups is 1. The van der Waals surface area contributed by atoms with Crippen molar-refractivity contribution in [1.29, 1.82) is 5.41 Å². The highest BCUT2D eigenvalue weighted by Crippen LogP contribution is 2.23. The molecule has 0 saturated carbocycles. The van der Waals surface area contributed by atoms with Gasteiger partial charge >= 0.3 is 0 Å². The molecule has 0 aliphatic rings. The predicted octanol–water partition coefficient (Wildman–Crippen LogP) is 2.30. The van der Waals surface area contributed by atoms with Crippen LogP contribution in [0, 0.1) is 11.2 Å². The monoisotopic (exact) mass is 231 g/mol. The third kappa shape index (κ3) is 2.57. The summed E-state index contributed by atoms with van der Waals surface area (Å²) in [6.07, 6.45) is 1.39. The number of benzene rings is 1. The molecule has 1 aromatic carbocycles. The second-order valence-electron chi connectivity index (χ2n) is 3.33. The molecule has 1 aromatic heterocycles. The second-order valence-corrected chi connectivity index (χ2v) is 3.33. The van der Waals surface area contributed by atoms with Crippen LogP contribution < -0.4 is 10.5 Å². The smallest absolute Gasteiger partial charge is 0.165 e. The fraction of sp³-hybridized carbons (Fsp3) is 0. The van der Waals surface area contributed by atoms with Crippen LogP contribution in [0.15, 0.2) is 42.6 Å². The van der Waals surface area contributed by atoms with Gasteiger partial charge < -0.3 is 10.5 Å². The lowest BCUT2D eigenvalue weighted by Gasteiger charge is -2.06. The molecule has 0 bridgehead atoms. The highest BCUT2D eigenvalue weighted by molar-refractivity contribution is 5.92. The zero-order chi connectivity index (χ0) is 12.3. The molecule has 3 N–H and O–H groups in total. The molecule has 4 nitrogen and oxygen atoms in total. The number of para-hydroxylation sites is 1. The number of rotatable bonds is 3. The van der Waals surface area contributed by atoms with Crippen LogP contribution in [0.5, 0.6) is 11.5 Å². The largest absolute Gasteiger partial charge is 0.453 e. The fourth-order valence-corrected chi connectivity index (χ4v) is 1.25. The number of nitrogen functional groups attached to an aromatic ring is 1. The molecule has 0 amide bonds. The first-order valence-electron chi connectivity index (χ1n) is 4.89. The minimum Gasteiger partial charge on any atom is -0.453 e. The van der Waals surface area contributed by atoms with Crippen molar-refractivity contribution in [2.24, 2.45) is 5.73 Å². The number of halogens is 1. The third-order valence-electron chi connectivity index (χ3n) is 2.08. The minimum atomic E-state index is -0.442. The zero-order valence-corrected chi connectivity index (χ0v) is 8.85. The lowest BCUT2D eigenvalue weighted by Crippen LogP contribution is -2.12. The van der Waals surface area contributed by atoms with E-state index < -0.39 is 5.82 Å². The average molecular weight is 231 g/mol. The number of pyridine rings is 1. The predicted molar refractivity (Wildman–Crippen MR) is 61.7 cm³/mol. The van der Waals surface area contributed by atoms with Gasteiger partial charge in [-0.2, -0.15) is 0 Å². The SMILES string of the molecule is N=C(N)c1ccc(Oc2ccccc2F)cn1. The Balaban J connectivity index is 2.20. The van der Waals surface area contributed by atoms with Gasteiger partial charge in [-0.15, -0.1) is 0 Å². The topological polar surface area (TPSA) is 72.0 Å². The molecule has 2 aromatic rings. The van der Waals surface area contributed by atoms with Gasteiger partial charge in [-0.1, -0.05) is 12.1 Å². The van der Waals surface area contributed by atoms with E-state index in [1.54, 1.807) is 24.3 Å². The van der Waals surface area contributed by atoms with Crippen LogP contribution in [-0.4, -0.2) is 10.8 Å². The first-order chi connectivity index (χ1) is 8.16. The van der Waals surface area contributed by atoms with E-state index in [1.165, 1.54) is 18.3 Å². The number of hydrogen-bond donors (Lipinski definition) is 2. The molecule has 0 aliphatic heterocycles. The normalized spacial score (nSPS) is 9.94. The molecule has 0 atom stereocenters. The van der Waals surface area contributed by atoms with E-state index in [-0.39, 0.29) is 11.6 Å². The molecular weight excluding hydrogens is 221 g/mol. The maximum atomic E-state index is 13.3. The van der Waals surface area contributed by atoms with E-state index in [4.69, 9.17) is 15.9 Å². The second kappa shape index (κ2) is 4.61. The Bertz CT molecular complexity index is 540. The summed E-state index contributed by atoms with van der Waals surface area (Å²) in [5.41, 5.74) is 5.61. The Labute approximate surface area is 97.4 Å². The van der Waals surface area contributed by atoms with E-state index in [0.29, 0.717) is 11.4 Å². The molecule has 5 heteroatoms. The Morgan fingerprint density at radius 1 is 1.24 bits per heavy atom. The summed E-state index contributed by atoms with van der Waals surface area (Å²) < 4.78 is 18.6. The van der Waals surface area contributed by atoms with Gasteiger partial charge in [0.15, 0.2) is 11.6 Å². The van der Waals surface area contributed by atoms with Crippen LogP contribution in [0.3, 0.4) is 0 Å². The Hall–Kier alpha value is -2.43. The number of nitrogens with zero attached hydrogens (tertiary/aromatic N) is 1. The third-order valence-corrected chi connectivity index (χ3v) is 2.08. The number of aromatic nitrogens is 1. The standard InChI is InChI=1S/C12H10FN3O/c13-9-3-1-2-4-11(9)17-8-5-6-10(12(14)15)16-7-8/h1-7H,(H3,14,15). The van der Waals surface area contributed by atoms with Crippen LogP contribution in [-0.2, 0) is 0 Å². The summed E-state index contributed by atoms with van der Waals surface area (Å²) in [6, 6.07) is 9.21. The Kier molecular flexibility index (Phi) is 3.00. The van der Waals surface area contributed by atoms with Gasteiger partial charge in [-0.3, -0.25) is 5.41 Å². The number of ether oxygens (including phenoxy) is 1. The molecular formula is C12H10FN3O. The van der Waals surface area contributed by atoms with Crippen LogP contribution in [0.1, 0.15) is 5.69 Å². The first kappa shape index (κ1) is 11.1. The molecule has 17 heavy (non-hydrogen) atoms. The van der Waals surface area contributed by atoms with E-state index in [2.05, 4.69) is 4.98 Å². The molecule has 86 valence electrons. The Morgan fingerprint density at radius 3 is 2.59 bits per heavy atom. The summed E-state index contributed by atoms with van der Waals surface area (Å²) in [7, 11) is 0. The number of nitrogens with two attached hydrogens (primary N) is 1. The van der Waals surface area contributed by atoms with Crippen molar-refractivity contribution in [3.05, 3.63) is 54.1 Å². The van der Waals surface area contributed by atoms with Crippen molar-refractivity contribution in [3.8, 4) is 11.5 Å². The van der Waals surface area contributed by atoms with Gasteiger partial charge in [0.1, 0.15) is 17.3 Å². The van der Waals surface area contributed by atoms with Crippen molar-refractivity contribution < 1.29 is 9.13 Å². The summed E-state index contributed by atoms with van der Waals surface area (Å²) in [5, 5.41) is 7.18. The Morgan fingerprint density at radius 2 is 2.00 bits per heavy atom. The van der Waals surface area contributed by atoms with Crippen molar-refractivity contribution in [3.63, 3.8) is 0 Å². The fourth-order valence-electron chi connectivity index (χ4n) is 1.25. The van der Waals surface area contributed by atoms with Crippen molar-refractivity contribution in [1.82, 2.24) is 4.98 Å². The van der Waals surface area contributed by atoms with Gasteiger partial charge in [0.2, 0.25) is 0 Å². The van der Waals surface area contributed by atoms with Crippen LogP contribution in [0.25, 0.3) is 0 Å². The summed E-state index contributed by atoms with van der Waals surface area (Å²) in [6.45, 7) is 0. The maximum Gasteiger partial charge on any atom is 0.165 e. The van der Waals surface area contributed by atoms with Crippen LogP contribution in [0.4, 0.5) is 4.39 Å². The molecule has 0 fully saturated rings. The summed E-state index contributed by atoms with van der Waals surface area (Å²) in [5.74, 6) is -0.0458. The van der Waals surface area contributed by atoms with Gasteiger partial charge in [0, 0.05) is 0 Å². The minimum absolute atomic E-state index is 0.123. The molecule has 0 spiro atoms. The number of hydrogen-bond acceptors (Lipinski definition) is 3.